The van der Waals surface area contributed by atoms with Crippen molar-refractivity contribution in [3.05, 3.63) is 0 Å². The van der Waals surface area contributed by atoms with E-state index in [1.807, 2.05) is 0 Å². The fourth-order valence-electron chi connectivity index (χ4n) is 3.31. The maximum Gasteiger partial charge on any atom is 0.0680 e. The molecular formula is C14H28O. The minimum absolute atomic E-state index is 0.359. The van der Waals surface area contributed by atoms with Crippen molar-refractivity contribution in [3.8, 4) is 0 Å². The molecule has 1 nitrogen and oxygen atoms in total. The Hall–Kier alpha value is -0.0400. The van der Waals surface area contributed by atoms with Gasteiger partial charge < -0.3 is 5.11 Å². The molecule has 0 aromatic rings. The molecule has 1 rings (SSSR count). The Morgan fingerprint density at radius 2 is 2.00 bits per heavy atom. The van der Waals surface area contributed by atoms with Crippen LogP contribution >= 0.6 is 0 Å². The first-order valence-electron chi connectivity index (χ1n) is 6.72. The average molecular weight is 212 g/mol. The van der Waals surface area contributed by atoms with Crippen LogP contribution in [0.2, 0.25) is 0 Å². The van der Waals surface area contributed by atoms with Gasteiger partial charge in [-0.25, -0.2) is 0 Å². The number of aliphatic hydroxyl groups is 1. The predicted molar refractivity (Wildman–Crippen MR) is 65.8 cm³/mol. The number of hydrogen-bond donors (Lipinski definition) is 1. The zero-order valence-electron chi connectivity index (χ0n) is 10.9. The maximum atomic E-state index is 10.8. The molecule has 1 aliphatic rings. The molecule has 0 radical (unpaired) electrons. The molecule has 0 aromatic heterocycles. The van der Waals surface area contributed by atoms with Crippen LogP contribution in [0.15, 0.2) is 0 Å². The Labute approximate surface area is 95.3 Å². The summed E-state index contributed by atoms with van der Waals surface area (Å²) in [6, 6.07) is 0. The van der Waals surface area contributed by atoms with Crippen molar-refractivity contribution in [1.82, 2.24) is 0 Å². The maximum absolute atomic E-state index is 10.8. The molecule has 1 aliphatic carbocycles. The summed E-state index contributed by atoms with van der Waals surface area (Å²) in [5.74, 6) is 1.86. The van der Waals surface area contributed by atoms with Crippen LogP contribution in [0.25, 0.3) is 0 Å². The molecule has 0 saturated heterocycles. The lowest BCUT2D eigenvalue weighted by atomic mass is 9.65. The molecule has 0 aromatic carbocycles. The van der Waals surface area contributed by atoms with E-state index in [0.717, 1.165) is 12.8 Å². The van der Waals surface area contributed by atoms with Crippen LogP contribution in [0.3, 0.4) is 0 Å². The second-order valence-electron chi connectivity index (χ2n) is 5.94. The van der Waals surface area contributed by atoms with Gasteiger partial charge in [0.2, 0.25) is 0 Å². The van der Waals surface area contributed by atoms with Gasteiger partial charge >= 0.3 is 0 Å². The molecule has 3 atom stereocenters. The van der Waals surface area contributed by atoms with E-state index in [-0.39, 0.29) is 5.60 Å². The molecular weight excluding hydrogens is 184 g/mol. The van der Waals surface area contributed by atoms with Gasteiger partial charge in [-0.15, -0.1) is 0 Å². The van der Waals surface area contributed by atoms with E-state index in [2.05, 4.69) is 27.7 Å². The average Bonchev–Trinajstić information content (AvgIpc) is 2.14. The van der Waals surface area contributed by atoms with Crippen LogP contribution in [-0.2, 0) is 0 Å². The Balaban J connectivity index is 2.67. The van der Waals surface area contributed by atoms with Gasteiger partial charge in [0.15, 0.2) is 0 Å². The monoisotopic (exact) mass is 212 g/mol. The van der Waals surface area contributed by atoms with E-state index in [9.17, 15) is 5.11 Å². The number of rotatable bonds is 4. The third-order valence-electron chi connectivity index (χ3n) is 4.13. The second kappa shape index (κ2) is 5.34. The van der Waals surface area contributed by atoms with Gasteiger partial charge in [-0.3, -0.25) is 0 Å². The molecule has 1 heteroatoms. The summed E-state index contributed by atoms with van der Waals surface area (Å²) in [5, 5.41) is 10.8. The number of hydrogen-bond acceptors (Lipinski definition) is 1. The van der Waals surface area contributed by atoms with Crippen LogP contribution < -0.4 is 0 Å². The molecule has 0 aliphatic heterocycles. The van der Waals surface area contributed by atoms with Crippen molar-refractivity contribution in [2.24, 2.45) is 17.8 Å². The van der Waals surface area contributed by atoms with Gasteiger partial charge in [-0.05, 0) is 37.0 Å². The third kappa shape index (κ3) is 3.21. The van der Waals surface area contributed by atoms with Gasteiger partial charge in [0, 0.05) is 0 Å². The van der Waals surface area contributed by atoms with Crippen LogP contribution in [0.4, 0.5) is 0 Å². The minimum Gasteiger partial charge on any atom is -0.390 e. The van der Waals surface area contributed by atoms with E-state index in [0.29, 0.717) is 17.8 Å². The molecule has 0 bridgehead atoms. The van der Waals surface area contributed by atoms with Crippen molar-refractivity contribution in [2.45, 2.75) is 71.8 Å². The van der Waals surface area contributed by atoms with Crippen molar-refractivity contribution in [1.29, 1.82) is 0 Å². The molecule has 0 unspecified atom stereocenters. The summed E-state index contributed by atoms with van der Waals surface area (Å²) >= 11 is 0. The van der Waals surface area contributed by atoms with Gasteiger partial charge in [0.1, 0.15) is 0 Å². The normalized spacial score (nSPS) is 37.2. The molecule has 1 saturated carbocycles. The summed E-state index contributed by atoms with van der Waals surface area (Å²) < 4.78 is 0. The smallest absolute Gasteiger partial charge is 0.0680 e. The van der Waals surface area contributed by atoms with Crippen LogP contribution in [0, 0.1) is 17.8 Å². The molecule has 0 amide bonds. The second-order valence-corrected chi connectivity index (χ2v) is 5.94. The summed E-state index contributed by atoms with van der Waals surface area (Å²) in [6.07, 6.45) is 6.93. The van der Waals surface area contributed by atoms with Crippen molar-refractivity contribution in [2.75, 3.05) is 0 Å². The Morgan fingerprint density at radius 1 is 1.33 bits per heavy atom. The Morgan fingerprint density at radius 3 is 2.53 bits per heavy atom. The molecule has 0 spiro atoms. The van der Waals surface area contributed by atoms with E-state index < -0.39 is 0 Å². The first-order chi connectivity index (χ1) is 6.99. The predicted octanol–water partition coefficient (Wildman–Crippen LogP) is 4.00. The van der Waals surface area contributed by atoms with Crippen LogP contribution in [0.5, 0.6) is 0 Å². The summed E-state index contributed by atoms with van der Waals surface area (Å²) in [6.45, 7) is 9.02. The fraction of sp³-hybridized carbons (Fsp3) is 1.00. The Bertz CT molecular complexity index is 188. The van der Waals surface area contributed by atoms with E-state index in [1.165, 1.54) is 25.7 Å². The highest BCUT2D eigenvalue weighted by Gasteiger charge is 2.41. The van der Waals surface area contributed by atoms with E-state index >= 15 is 0 Å². The third-order valence-corrected chi connectivity index (χ3v) is 4.13. The van der Waals surface area contributed by atoms with Crippen molar-refractivity contribution in [3.63, 3.8) is 0 Å². The van der Waals surface area contributed by atoms with E-state index in [1.54, 1.807) is 0 Å². The van der Waals surface area contributed by atoms with Gasteiger partial charge in [0.05, 0.1) is 5.60 Å². The Kier molecular flexibility index (Phi) is 4.64. The van der Waals surface area contributed by atoms with Crippen molar-refractivity contribution >= 4 is 0 Å². The first kappa shape index (κ1) is 13.0. The molecule has 90 valence electrons. The fourth-order valence-corrected chi connectivity index (χ4v) is 3.31. The summed E-state index contributed by atoms with van der Waals surface area (Å²) in [4.78, 5) is 0. The zero-order valence-corrected chi connectivity index (χ0v) is 10.9. The van der Waals surface area contributed by atoms with Gasteiger partial charge in [0.25, 0.3) is 0 Å². The molecule has 0 heterocycles. The lowest BCUT2D eigenvalue weighted by Crippen LogP contribution is -2.45. The number of unbranched alkanes of at least 4 members (excludes halogenated alkanes) is 1. The minimum atomic E-state index is -0.359. The lowest BCUT2D eigenvalue weighted by molar-refractivity contribution is -0.0869. The standard InChI is InChI=1S/C14H28O/c1-5-6-9-14(15)10-12(4)7-8-13(14)11(2)3/h11-13,15H,5-10H2,1-4H3/t12-,13+,14-/m1/s1. The molecule has 1 N–H and O–H groups in total. The highest BCUT2D eigenvalue weighted by molar-refractivity contribution is 4.93. The van der Waals surface area contributed by atoms with Gasteiger partial charge in [-0.2, -0.15) is 0 Å². The highest BCUT2D eigenvalue weighted by atomic mass is 16.3. The zero-order chi connectivity index (χ0) is 11.5. The summed E-state index contributed by atoms with van der Waals surface area (Å²) in [7, 11) is 0. The largest absolute Gasteiger partial charge is 0.390 e. The topological polar surface area (TPSA) is 20.2 Å². The van der Waals surface area contributed by atoms with Gasteiger partial charge in [-0.1, -0.05) is 47.0 Å². The highest BCUT2D eigenvalue weighted by Crippen LogP contribution is 2.43. The van der Waals surface area contributed by atoms with Crippen molar-refractivity contribution < 1.29 is 5.11 Å². The van der Waals surface area contributed by atoms with Crippen LogP contribution in [0.1, 0.15) is 66.2 Å². The quantitative estimate of drug-likeness (QED) is 0.747. The van der Waals surface area contributed by atoms with E-state index in [4.69, 9.17) is 0 Å². The first-order valence-corrected chi connectivity index (χ1v) is 6.72. The molecule has 1 fully saturated rings. The van der Waals surface area contributed by atoms with Crippen LogP contribution in [-0.4, -0.2) is 10.7 Å². The molecule has 15 heavy (non-hydrogen) atoms. The lowest BCUT2D eigenvalue weighted by Gasteiger charge is -2.45. The summed E-state index contributed by atoms with van der Waals surface area (Å²) in [5.41, 5.74) is -0.359. The SMILES string of the molecule is CCCC[C@@]1(O)C[C@H](C)CC[C@H]1C(C)C.